The zero-order chi connectivity index (χ0) is 13.2. The van der Waals surface area contributed by atoms with Gasteiger partial charge in [0.1, 0.15) is 0 Å². The van der Waals surface area contributed by atoms with Crippen LogP contribution in [0.2, 0.25) is 0 Å². The van der Waals surface area contributed by atoms with Gasteiger partial charge in [0.15, 0.2) is 0 Å². The van der Waals surface area contributed by atoms with Crippen LogP contribution in [0.15, 0.2) is 29.2 Å². The van der Waals surface area contributed by atoms with E-state index in [2.05, 4.69) is 11.6 Å². The summed E-state index contributed by atoms with van der Waals surface area (Å²) in [5.41, 5.74) is 0.800. The van der Waals surface area contributed by atoms with Crippen LogP contribution >= 0.6 is 0 Å². The molecule has 2 rings (SSSR count). The first-order valence-electron chi connectivity index (χ1n) is 6.58. The maximum absolute atomic E-state index is 12.4. The number of aryl methyl sites for hydroxylation is 1. The van der Waals surface area contributed by atoms with Crippen molar-refractivity contribution in [2.24, 2.45) is 5.92 Å². The largest absolute Gasteiger partial charge is 0.241 e. The van der Waals surface area contributed by atoms with E-state index in [0.29, 0.717) is 10.8 Å². The summed E-state index contributed by atoms with van der Waals surface area (Å²) >= 11 is 0. The highest BCUT2D eigenvalue weighted by Crippen LogP contribution is 2.25. The Morgan fingerprint density at radius 2 is 1.83 bits per heavy atom. The highest BCUT2D eigenvalue weighted by atomic mass is 32.2. The lowest BCUT2D eigenvalue weighted by Gasteiger charge is -2.29. The number of hydrogen-bond acceptors (Lipinski definition) is 2. The minimum Gasteiger partial charge on any atom is -0.208 e. The molecule has 1 aromatic carbocycles. The van der Waals surface area contributed by atoms with Crippen molar-refractivity contribution in [2.75, 3.05) is 0 Å². The van der Waals surface area contributed by atoms with E-state index < -0.39 is 10.0 Å². The third-order valence-corrected chi connectivity index (χ3v) is 5.45. The van der Waals surface area contributed by atoms with E-state index in [1.165, 1.54) is 6.42 Å². The summed E-state index contributed by atoms with van der Waals surface area (Å²) in [6.45, 7) is 3.96. The van der Waals surface area contributed by atoms with E-state index in [-0.39, 0.29) is 6.04 Å². The SMILES string of the molecule is Cc1ccccc1S(=O)(=O)NC1CCCCC1C. The molecular formula is C14H21NO2S. The predicted molar refractivity (Wildman–Crippen MR) is 72.9 cm³/mol. The normalized spacial score (nSPS) is 25.0. The van der Waals surface area contributed by atoms with Gasteiger partial charge < -0.3 is 0 Å². The van der Waals surface area contributed by atoms with Gasteiger partial charge in [0.05, 0.1) is 4.90 Å². The van der Waals surface area contributed by atoms with Gasteiger partial charge in [0, 0.05) is 6.04 Å². The molecular weight excluding hydrogens is 246 g/mol. The number of hydrogen-bond donors (Lipinski definition) is 1. The fourth-order valence-corrected chi connectivity index (χ4v) is 4.24. The smallest absolute Gasteiger partial charge is 0.208 e. The second kappa shape index (κ2) is 5.41. The van der Waals surface area contributed by atoms with Gasteiger partial charge in [0.2, 0.25) is 10.0 Å². The highest BCUT2D eigenvalue weighted by Gasteiger charge is 2.27. The maximum atomic E-state index is 12.4. The van der Waals surface area contributed by atoms with Crippen LogP contribution < -0.4 is 4.72 Å². The topological polar surface area (TPSA) is 46.2 Å². The number of sulfonamides is 1. The van der Waals surface area contributed by atoms with Crippen molar-refractivity contribution < 1.29 is 8.42 Å². The van der Waals surface area contributed by atoms with E-state index in [1.807, 2.05) is 19.1 Å². The van der Waals surface area contributed by atoms with Gasteiger partial charge in [-0.15, -0.1) is 0 Å². The lowest BCUT2D eigenvalue weighted by molar-refractivity contribution is 0.310. The van der Waals surface area contributed by atoms with Crippen LogP contribution in [0, 0.1) is 12.8 Å². The fraction of sp³-hybridized carbons (Fsp3) is 0.571. The molecule has 0 saturated heterocycles. The van der Waals surface area contributed by atoms with Crippen LogP contribution in [0.3, 0.4) is 0 Å². The summed E-state index contributed by atoms with van der Waals surface area (Å²) in [7, 11) is -3.37. The monoisotopic (exact) mass is 267 g/mol. The maximum Gasteiger partial charge on any atom is 0.241 e. The summed E-state index contributed by atoms with van der Waals surface area (Å²) in [5, 5.41) is 0. The van der Waals surface area contributed by atoms with E-state index in [1.54, 1.807) is 12.1 Å². The first-order chi connectivity index (χ1) is 8.50. The third-order valence-electron chi connectivity index (χ3n) is 3.80. The Bertz CT molecular complexity index is 510. The summed E-state index contributed by atoms with van der Waals surface area (Å²) < 4.78 is 27.6. The standard InChI is InChI=1S/C14H21NO2S/c1-11-7-3-5-9-13(11)15-18(16,17)14-10-6-4-8-12(14)2/h4,6,8,10-11,13,15H,3,5,7,9H2,1-2H3. The van der Waals surface area contributed by atoms with Crippen molar-refractivity contribution in [2.45, 2.75) is 50.5 Å². The van der Waals surface area contributed by atoms with Gasteiger partial charge in [0.25, 0.3) is 0 Å². The molecule has 0 amide bonds. The van der Waals surface area contributed by atoms with Crippen molar-refractivity contribution in [3.8, 4) is 0 Å². The Hall–Kier alpha value is -0.870. The molecule has 4 heteroatoms. The van der Waals surface area contributed by atoms with Gasteiger partial charge in [-0.2, -0.15) is 0 Å². The van der Waals surface area contributed by atoms with Gasteiger partial charge in [-0.3, -0.25) is 0 Å². The molecule has 0 bridgehead atoms. The van der Waals surface area contributed by atoms with Crippen molar-refractivity contribution >= 4 is 10.0 Å². The fourth-order valence-electron chi connectivity index (χ4n) is 2.61. The Morgan fingerprint density at radius 1 is 1.17 bits per heavy atom. The molecule has 0 aromatic heterocycles. The van der Waals surface area contributed by atoms with Crippen LogP contribution in [-0.2, 0) is 10.0 Å². The van der Waals surface area contributed by atoms with Crippen LogP contribution in [0.5, 0.6) is 0 Å². The Balaban J connectivity index is 2.19. The molecule has 2 unspecified atom stereocenters. The molecule has 1 saturated carbocycles. The number of rotatable bonds is 3. The summed E-state index contributed by atoms with van der Waals surface area (Å²) in [6.07, 6.45) is 4.39. The highest BCUT2D eigenvalue weighted by molar-refractivity contribution is 7.89. The quantitative estimate of drug-likeness (QED) is 0.915. The lowest BCUT2D eigenvalue weighted by atomic mass is 9.87. The van der Waals surface area contributed by atoms with E-state index >= 15 is 0 Å². The molecule has 1 fully saturated rings. The second-order valence-electron chi connectivity index (χ2n) is 5.26. The predicted octanol–water partition coefficient (Wildman–Crippen LogP) is 2.85. The molecule has 100 valence electrons. The molecule has 1 aliphatic carbocycles. The average Bonchev–Trinajstić information content (AvgIpc) is 2.32. The van der Waals surface area contributed by atoms with Gasteiger partial charge in [-0.05, 0) is 37.3 Å². The van der Waals surface area contributed by atoms with Gasteiger partial charge in [-0.1, -0.05) is 38.0 Å². The first kappa shape index (κ1) is 13.6. The van der Waals surface area contributed by atoms with E-state index in [4.69, 9.17) is 0 Å². The molecule has 2 atom stereocenters. The van der Waals surface area contributed by atoms with Gasteiger partial charge >= 0.3 is 0 Å². The first-order valence-corrected chi connectivity index (χ1v) is 8.07. The third kappa shape index (κ3) is 2.93. The summed E-state index contributed by atoms with van der Waals surface area (Å²) in [5.74, 6) is 0.428. The summed E-state index contributed by atoms with van der Waals surface area (Å²) in [6, 6.07) is 7.22. The molecule has 0 spiro atoms. The van der Waals surface area contributed by atoms with Crippen molar-refractivity contribution in [3.05, 3.63) is 29.8 Å². The minimum absolute atomic E-state index is 0.0864. The molecule has 0 radical (unpaired) electrons. The van der Waals surface area contributed by atoms with Crippen LogP contribution in [0.25, 0.3) is 0 Å². The second-order valence-corrected chi connectivity index (χ2v) is 6.94. The molecule has 3 nitrogen and oxygen atoms in total. The minimum atomic E-state index is -3.37. The van der Waals surface area contributed by atoms with Crippen molar-refractivity contribution in [3.63, 3.8) is 0 Å². The van der Waals surface area contributed by atoms with E-state index in [0.717, 1.165) is 24.8 Å². The molecule has 0 aliphatic heterocycles. The van der Waals surface area contributed by atoms with Crippen molar-refractivity contribution in [1.82, 2.24) is 4.72 Å². The van der Waals surface area contributed by atoms with Gasteiger partial charge in [-0.25, -0.2) is 13.1 Å². The zero-order valence-corrected chi connectivity index (χ0v) is 11.8. The Morgan fingerprint density at radius 3 is 2.50 bits per heavy atom. The zero-order valence-electron chi connectivity index (χ0n) is 11.0. The molecule has 0 heterocycles. The number of nitrogens with one attached hydrogen (secondary N) is 1. The van der Waals surface area contributed by atoms with Crippen LogP contribution in [-0.4, -0.2) is 14.5 Å². The molecule has 18 heavy (non-hydrogen) atoms. The molecule has 1 N–H and O–H groups in total. The molecule has 1 aromatic rings. The number of benzene rings is 1. The average molecular weight is 267 g/mol. The van der Waals surface area contributed by atoms with Crippen LogP contribution in [0.1, 0.15) is 38.2 Å². The Labute approximate surface area is 110 Å². The molecule has 1 aliphatic rings. The van der Waals surface area contributed by atoms with E-state index in [9.17, 15) is 8.42 Å². The lowest BCUT2D eigenvalue weighted by Crippen LogP contribution is -2.41. The van der Waals surface area contributed by atoms with Crippen molar-refractivity contribution in [1.29, 1.82) is 0 Å². The summed E-state index contributed by atoms with van der Waals surface area (Å²) in [4.78, 5) is 0.405. The Kier molecular flexibility index (Phi) is 4.07. The van der Waals surface area contributed by atoms with Crippen LogP contribution in [0.4, 0.5) is 0 Å².